The first-order chi connectivity index (χ1) is 6.68. The maximum Gasteiger partial charge on any atom is 0.0587 e. The number of nitrogens with one attached hydrogen (secondary N) is 1. The van der Waals surface area contributed by atoms with E-state index in [0.717, 1.165) is 32.7 Å². The molecular weight excluding hydrogens is 178 g/mol. The highest BCUT2D eigenvalue weighted by Gasteiger charge is 2.20. The van der Waals surface area contributed by atoms with Gasteiger partial charge in [-0.2, -0.15) is 0 Å². The number of hydrogen-bond acceptors (Lipinski definition) is 3. The monoisotopic (exact) mass is 203 g/mol. The average molecular weight is 203 g/mol. The van der Waals surface area contributed by atoms with Crippen molar-refractivity contribution in [1.82, 2.24) is 5.32 Å². The summed E-state index contributed by atoms with van der Waals surface area (Å²) >= 11 is 0. The van der Waals surface area contributed by atoms with E-state index < -0.39 is 0 Å². The van der Waals surface area contributed by atoms with Crippen LogP contribution in [-0.2, 0) is 9.47 Å². The van der Waals surface area contributed by atoms with Crippen molar-refractivity contribution in [2.75, 3.05) is 40.5 Å². The van der Waals surface area contributed by atoms with E-state index in [4.69, 9.17) is 9.47 Å². The van der Waals surface area contributed by atoms with Gasteiger partial charge in [-0.05, 0) is 18.3 Å². The number of methoxy groups -OCH3 is 2. The van der Waals surface area contributed by atoms with Gasteiger partial charge in [0.15, 0.2) is 0 Å². The van der Waals surface area contributed by atoms with Gasteiger partial charge in [0.25, 0.3) is 0 Å². The molecular formula is C11H25NO2. The van der Waals surface area contributed by atoms with Crippen molar-refractivity contribution >= 4 is 0 Å². The maximum atomic E-state index is 5.11. The zero-order valence-corrected chi connectivity index (χ0v) is 10.1. The van der Waals surface area contributed by atoms with Crippen LogP contribution < -0.4 is 5.32 Å². The van der Waals surface area contributed by atoms with Crippen molar-refractivity contribution < 1.29 is 9.47 Å². The SMILES string of the molecule is CCC(C)(CCOC)CNCCOC. The summed E-state index contributed by atoms with van der Waals surface area (Å²) in [5, 5.41) is 3.41. The lowest BCUT2D eigenvalue weighted by atomic mass is 9.84. The Bertz CT molecular complexity index is 130. The molecule has 0 aromatic carbocycles. The molecule has 0 aliphatic rings. The van der Waals surface area contributed by atoms with E-state index in [1.165, 1.54) is 6.42 Å². The van der Waals surface area contributed by atoms with Crippen LogP contribution in [0.1, 0.15) is 26.7 Å². The Morgan fingerprint density at radius 3 is 2.29 bits per heavy atom. The van der Waals surface area contributed by atoms with Crippen LogP contribution >= 0.6 is 0 Å². The van der Waals surface area contributed by atoms with Gasteiger partial charge in [0.1, 0.15) is 0 Å². The minimum Gasteiger partial charge on any atom is -0.385 e. The molecule has 0 spiro atoms. The van der Waals surface area contributed by atoms with Crippen molar-refractivity contribution in [3.63, 3.8) is 0 Å². The van der Waals surface area contributed by atoms with Crippen LogP contribution in [0.5, 0.6) is 0 Å². The molecule has 14 heavy (non-hydrogen) atoms. The third kappa shape index (κ3) is 6.35. The van der Waals surface area contributed by atoms with Crippen molar-refractivity contribution in [2.24, 2.45) is 5.41 Å². The molecule has 3 nitrogen and oxygen atoms in total. The second kappa shape index (κ2) is 8.21. The summed E-state index contributed by atoms with van der Waals surface area (Å²) in [5.41, 5.74) is 0.351. The third-order valence-electron chi connectivity index (χ3n) is 2.80. The molecule has 0 amide bonds. The number of rotatable bonds is 9. The van der Waals surface area contributed by atoms with Gasteiger partial charge in [-0.25, -0.2) is 0 Å². The minimum absolute atomic E-state index is 0.351. The predicted molar refractivity (Wildman–Crippen MR) is 59.6 cm³/mol. The topological polar surface area (TPSA) is 30.5 Å². The summed E-state index contributed by atoms with van der Waals surface area (Å²) in [6.45, 7) is 8.12. The first-order valence-corrected chi connectivity index (χ1v) is 5.37. The molecule has 0 saturated carbocycles. The number of hydrogen-bond donors (Lipinski definition) is 1. The highest BCUT2D eigenvalue weighted by atomic mass is 16.5. The fraction of sp³-hybridized carbons (Fsp3) is 1.00. The predicted octanol–water partition coefficient (Wildman–Crippen LogP) is 1.68. The fourth-order valence-electron chi connectivity index (χ4n) is 1.30. The Morgan fingerprint density at radius 2 is 1.79 bits per heavy atom. The lowest BCUT2D eigenvalue weighted by Gasteiger charge is -2.28. The Hall–Kier alpha value is -0.120. The Morgan fingerprint density at radius 1 is 1.14 bits per heavy atom. The first kappa shape index (κ1) is 13.9. The molecule has 3 heteroatoms. The molecule has 0 bridgehead atoms. The molecule has 0 aliphatic heterocycles. The van der Waals surface area contributed by atoms with Crippen LogP contribution in [0.2, 0.25) is 0 Å². The van der Waals surface area contributed by atoms with Crippen LogP contribution in [0.3, 0.4) is 0 Å². The van der Waals surface area contributed by atoms with Crippen molar-refractivity contribution in [3.8, 4) is 0 Å². The Labute approximate surface area is 88.2 Å². The van der Waals surface area contributed by atoms with Gasteiger partial charge in [-0.1, -0.05) is 13.8 Å². The summed E-state index contributed by atoms with van der Waals surface area (Å²) in [6.07, 6.45) is 2.29. The van der Waals surface area contributed by atoms with Gasteiger partial charge in [0, 0.05) is 33.9 Å². The minimum atomic E-state index is 0.351. The van der Waals surface area contributed by atoms with Crippen LogP contribution in [0.25, 0.3) is 0 Å². The van der Waals surface area contributed by atoms with Crippen molar-refractivity contribution in [3.05, 3.63) is 0 Å². The van der Waals surface area contributed by atoms with Crippen LogP contribution in [0.4, 0.5) is 0 Å². The van der Waals surface area contributed by atoms with Crippen molar-refractivity contribution in [2.45, 2.75) is 26.7 Å². The molecule has 0 aliphatic carbocycles. The number of ether oxygens (including phenoxy) is 2. The van der Waals surface area contributed by atoms with Crippen LogP contribution in [0.15, 0.2) is 0 Å². The standard InChI is InChI=1S/C11H25NO2/c1-5-11(2,6-8-13-3)10-12-7-9-14-4/h12H,5-10H2,1-4H3. The lowest BCUT2D eigenvalue weighted by molar-refractivity contribution is 0.136. The molecule has 0 rings (SSSR count). The molecule has 0 aromatic rings. The highest BCUT2D eigenvalue weighted by molar-refractivity contribution is 4.75. The third-order valence-corrected chi connectivity index (χ3v) is 2.80. The molecule has 86 valence electrons. The zero-order valence-electron chi connectivity index (χ0n) is 10.1. The molecule has 0 fully saturated rings. The van der Waals surface area contributed by atoms with E-state index in [0.29, 0.717) is 5.41 Å². The van der Waals surface area contributed by atoms with E-state index in [9.17, 15) is 0 Å². The molecule has 1 N–H and O–H groups in total. The van der Waals surface area contributed by atoms with E-state index in [1.54, 1.807) is 14.2 Å². The fourth-order valence-corrected chi connectivity index (χ4v) is 1.30. The molecule has 0 radical (unpaired) electrons. The average Bonchev–Trinajstić information content (AvgIpc) is 2.22. The summed E-state index contributed by atoms with van der Waals surface area (Å²) in [6, 6.07) is 0. The van der Waals surface area contributed by atoms with E-state index >= 15 is 0 Å². The second-order valence-electron chi connectivity index (χ2n) is 4.08. The van der Waals surface area contributed by atoms with Gasteiger partial charge in [-0.15, -0.1) is 0 Å². The first-order valence-electron chi connectivity index (χ1n) is 5.37. The van der Waals surface area contributed by atoms with E-state index in [1.807, 2.05) is 0 Å². The van der Waals surface area contributed by atoms with E-state index in [-0.39, 0.29) is 0 Å². The summed E-state index contributed by atoms with van der Waals surface area (Å²) < 4.78 is 10.1. The van der Waals surface area contributed by atoms with E-state index in [2.05, 4.69) is 19.2 Å². The van der Waals surface area contributed by atoms with Gasteiger partial charge >= 0.3 is 0 Å². The maximum absolute atomic E-state index is 5.11. The highest BCUT2D eigenvalue weighted by Crippen LogP contribution is 2.24. The second-order valence-corrected chi connectivity index (χ2v) is 4.08. The summed E-state index contributed by atoms with van der Waals surface area (Å²) in [4.78, 5) is 0. The largest absolute Gasteiger partial charge is 0.385 e. The molecule has 1 atom stereocenters. The zero-order chi connectivity index (χ0) is 10.9. The smallest absolute Gasteiger partial charge is 0.0587 e. The summed E-state index contributed by atoms with van der Waals surface area (Å²) in [5.74, 6) is 0. The Kier molecular flexibility index (Phi) is 8.14. The molecule has 1 unspecified atom stereocenters. The van der Waals surface area contributed by atoms with Crippen LogP contribution in [-0.4, -0.2) is 40.5 Å². The van der Waals surface area contributed by atoms with Gasteiger partial charge in [-0.3, -0.25) is 0 Å². The Balaban J connectivity index is 3.63. The summed E-state index contributed by atoms with van der Waals surface area (Å²) in [7, 11) is 3.49. The molecule has 0 aromatic heterocycles. The van der Waals surface area contributed by atoms with Gasteiger partial charge in [0.05, 0.1) is 6.61 Å². The van der Waals surface area contributed by atoms with Gasteiger partial charge < -0.3 is 14.8 Å². The van der Waals surface area contributed by atoms with Crippen LogP contribution in [0, 0.1) is 5.41 Å². The van der Waals surface area contributed by atoms with Crippen molar-refractivity contribution in [1.29, 1.82) is 0 Å². The normalized spacial score (nSPS) is 15.4. The quantitative estimate of drug-likeness (QED) is 0.578. The molecule has 0 saturated heterocycles. The molecule has 0 heterocycles. The lowest BCUT2D eigenvalue weighted by Crippen LogP contribution is -2.34. The van der Waals surface area contributed by atoms with Gasteiger partial charge in [0.2, 0.25) is 0 Å².